The van der Waals surface area contributed by atoms with Crippen molar-refractivity contribution in [1.29, 1.82) is 0 Å². The summed E-state index contributed by atoms with van der Waals surface area (Å²) in [4.78, 5) is 0. The summed E-state index contributed by atoms with van der Waals surface area (Å²) in [6.07, 6.45) is 2.40. The number of hydrogen-bond acceptors (Lipinski definition) is 1. The van der Waals surface area contributed by atoms with E-state index in [9.17, 15) is 0 Å². The fraction of sp³-hybridized carbons (Fsp3) is 0.368. The average molecular weight is 340 g/mol. The maximum absolute atomic E-state index is 6.55. The zero-order chi connectivity index (χ0) is 16.7. The van der Waals surface area contributed by atoms with E-state index in [2.05, 4.69) is 75.0 Å². The Kier molecular flexibility index (Phi) is 2.81. The molecule has 0 aliphatic heterocycles. The average Bonchev–Trinajstić information content (AvgIpc) is 3.01. The Balaban J connectivity index is 2.27. The van der Waals surface area contributed by atoms with Crippen molar-refractivity contribution >= 4 is 54.1 Å². The first-order valence-corrected chi connectivity index (χ1v) is 15.4. The molecule has 0 amide bonds. The molecule has 0 bridgehead atoms. The first kappa shape index (κ1) is 15.0. The fourth-order valence-corrected chi connectivity index (χ4v) is 6.71. The normalized spacial score (nSPS) is 13.9. The molecule has 0 saturated heterocycles. The van der Waals surface area contributed by atoms with E-state index in [4.69, 9.17) is 4.42 Å². The van der Waals surface area contributed by atoms with Gasteiger partial charge in [-0.1, -0.05) is 50.9 Å². The predicted octanol–water partition coefficient (Wildman–Crippen LogP) is 4.68. The summed E-state index contributed by atoms with van der Waals surface area (Å²) in [5.74, 6) is 0. The van der Waals surface area contributed by atoms with Crippen LogP contribution >= 0.6 is 0 Å². The van der Waals surface area contributed by atoms with Gasteiger partial charge in [-0.2, -0.15) is 0 Å². The molecule has 3 heterocycles. The number of aromatic nitrogens is 1. The molecule has 0 unspecified atom stereocenters. The lowest BCUT2D eigenvalue weighted by Crippen LogP contribution is -2.43. The Morgan fingerprint density at radius 2 is 1.65 bits per heavy atom. The van der Waals surface area contributed by atoms with Gasteiger partial charge < -0.3 is 8.82 Å². The minimum atomic E-state index is -1.53. The van der Waals surface area contributed by atoms with Crippen molar-refractivity contribution in [3.05, 3.63) is 30.0 Å². The Bertz CT molecular complexity index is 1040. The second-order valence-corrected chi connectivity index (χ2v) is 18.9. The molecule has 0 atom stereocenters. The SMILES string of the molecule is Cc1ccc2c(c1)c1oc([Si](C)(C)C)c3c([Si](C)(C)C)cn2c31. The summed E-state index contributed by atoms with van der Waals surface area (Å²) in [5.41, 5.74) is 4.99. The molecule has 0 aliphatic carbocycles. The monoisotopic (exact) mass is 339 g/mol. The Labute approximate surface area is 139 Å². The molecule has 23 heavy (non-hydrogen) atoms. The molecule has 3 aromatic heterocycles. The zero-order valence-corrected chi connectivity index (χ0v) is 17.2. The predicted molar refractivity (Wildman–Crippen MR) is 107 cm³/mol. The largest absolute Gasteiger partial charge is 0.463 e. The minimum absolute atomic E-state index is 1.10. The highest BCUT2D eigenvalue weighted by Gasteiger charge is 2.34. The molecule has 0 fully saturated rings. The Hall–Kier alpha value is -1.53. The molecular formula is C19H25NOSi2. The summed E-state index contributed by atoms with van der Waals surface area (Å²) < 4.78 is 8.94. The molecule has 0 radical (unpaired) electrons. The van der Waals surface area contributed by atoms with Crippen LogP contribution in [-0.4, -0.2) is 20.5 Å². The van der Waals surface area contributed by atoms with Crippen molar-refractivity contribution in [2.45, 2.75) is 46.2 Å². The molecule has 0 aliphatic rings. The highest BCUT2D eigenvalue weighted by molar-refractivity contribution is 6.94. The number of furan rings is 1. The van der Waals surface area contributed by atoms with Gasteiger partial charge in [0.1, 0.15) is 8.07 Å². The first-order chi connectivity index (χ1) is 10.6. The highest BCUT2D eigenvalue weighted by Crippen LogP contribution is 2.35. The summed E-state index contributed by atoms with van der Waals surface area (Å²) in [6, 6.07) is 6.70. The van der Waals surface area contributed by atoms with Gasteiger partial charge in [-0.25, -0.2) is 0 Å². The van der Waals surface area contributed by atoms with Crippen LogP contribution in [0.5, 0.6) is 0 Å². The summed E-state index contributed by atoms with van der Waals surface area (Å²) in [6.45, 7) is 16.6. The fourth-order valence-electron chi connectivity index (χ4n) is 3.67. The number of rotatable bonds is 2. The van der Waals surface area contributed by atoms with Gasteiger partial charge in [0.15, 0.2) is 5.58 Å². The summed E-state index contributed by atoms with van der Waals surface area (Å²) in [5, 5.41) is 5.53. The van der Waals surface area contributed by atoms with E-state index in [0.717, 1.165) is 5.58 Å². The molecule has 4 aromatic rings. The van der Waals surface area contributed by atoms with Crippen LogP contribution < -0.4 is 10.6 Å². The summed E-state index contributed by atoms with van der Waals surface area (Å²) in [7, 11) is -2.96. The van der Waals surface area contributed by atoms with E-state index in [-0.39, 0.29) is 0 Å². The van der Waals surface area contributed by atoms with Crippen LogP contribution in [0.1, 0.15) is 5.56 Å². The second-order valence-electron chi connectivity index (χ2n) is 8.92. The van der Waals surface area contributed by atoms with Gasteiger partial charge in [0.05, 0.1) is 24.5 Å². The van der Waals surface area contributed by atoms with Gasteiger partial charge in [-0.15, -0.1) is 0 Å². The van der Waals surface area contributed by atoms with Crippen molar-refractivity contribution in [3.63, 3.8) is 0 Å². The summed E-state index contributed by atoms with van der Waals surface area (Å²) >= 11 is 0. The van der Waals surface area contributed by atoms with E-state index in [0.29, 0.717) is 0 Å². The molecule has 0 N–H and O–H groups in total. The molecular weight excluding hydrogens is 314 g/mol. The minimum Gasteiger partial charge on any atom is -0.463 e. The lowest BCUT2D eigenvalue weighted by Gasteiger charge is -2.18. The number of benzene rings is 1. The Morgan fingerprint density at radius 1 is 0.957 bits per heavy atom. The van der Waals surface area contributed by atoms with E-state index < -0.39 is 16.1 Å². The maximum Gasteiger partial charge on any atom is 0.160 e. The van der Waals surface area contributed by atoms with Gasteiger partial charge in [-0.3, -0.25) is 0 Å². The number of hydrogen-bond donors (Lipinski definition) is 0. The van der Waals surface area contributed by atoms with E-state index in [1.807, 2.05) is 0 Å². The van der Waals surface area contributed by atoms with Crippen LogP contribution in [0.15, 0.2) is 28.8 Å². The van der Waals surface area contributed by atoms with E-state index >= 15 is 0 Å². The van der Waals surface area contributed by atoms with Gasteiger partial charge in [0.25, 0.3) is 0 Å². The van der Waals surface area contributed by atoms with Crippen LogP contribution in [0, 0.1) is 6.92 Å². The maximum atomic E-state index is 6.55. The molecule has 0 saturated carbocycles. The standard InChI is InChI=1S/C19H25NOSi2/c1-12-8-9-14-13(10-12)18-17-16(19(21-18)23(5,6)7)15(11-20(14)17)22(2,3)4/h8-11H,1-7H3. The second kappa shape index (κ2) is 4.30. The smallest absolute Gasteiger partial charge is 0.160 e. The van der Waals surface area contributed by atoms with Crippen molar-refractivity contribution in [2.24, 2.45) is 0 Å². The van der Waals surface area contributed by atoms with Crippen molar-refractivity contribution < 1.29 is 4.42 Å². The lowest BCUT2D eigenvalue weighted by molar-refractivity contribution is 0.654. The third-order valence-electron chi connectivity index (χ3n) is 4.80. The third kappa shape index (κ3) is 1.98. The molecule has 0 spiro atoms. The van der Waals surface area contributed by atoms with E-state index in [1.165, 1.54) is 32.8 Å². The van der Waals surface area contributed by atoms with Gasteiger partial charge in [0, 0.05) is 17.0 Å². The van der Waals surface area contributed by atoms with Gasteiger partial charge >= 0.3 is 0 Å². The van der Waals surface area contributed by atoms with Crippen LogP contribution in [0.2, 0.25) is 39.3 Å². The van der Waals surface area contributed by atoms with Gasteiger partial charge in [-0.05, 0) is 24.2 Å². The zero-order valence-electron chi connectivity index (χ0n) is 15.2. The number of aryl methyl sites for hydroxylation is 1. The van der Waals surface area contributed by atoms with Crippen molar-refractivity contribution in [2.75, 3.05) is 0 Å². The number of nitrogens with zero attached hydrogens (tertiary/aromatic N) is 1. The Morgan fingerprint density at radius 3 is 2.26 bits per heavy atom. The van der Waals surface area contributed by atoms with Crippen molar-refractivity contribution in [3.8, 4) is 0 Å². The van der Waals surface area contributed by atoms with Crippen LogP contribution in [0.4, 0.5) is 0 Å². The lowest BCUT2D eigenvalue weighted by atomic mass is 10.2. The number of fused-ring (bicyclic) bond motifs is 3. The van der Waals surface area contributed by atoms with Crippen LogP contribution in [0.3, 0.4) is 0 Å². The van der Waals surface area contributed by atoms with E-state index in [1.54, 1.807) is 5.19 Å². The third-order valence-corrected chi connectivity index (χ3v) is 8.51. The highest BCUT2D eigenvalue weighted by atomic mass is 28.3. The molecule has 2 nitrogen and oxygen atoms in total. The van der Waals surface area contributed by atoms with Crippen LogP contribution in [0.25, 0.3) is 27.4 Å². The van der Waals surface area contributed by atoms with Crippen LogP contribution in [-0.2, 0) is 0 Å². The molecule has 1 aromatic carbocycles. The van der Waals surface area contributed by atoms with Gasteiger partial charge in [0.2, 0.25) is 0 Å². The molecule has 4 heteroatoms. The molecule has 120 valence electrons. The first-order valence-electron chi connectivity index (χ1n) is 8.39. The molecule has 4 rings (SSSR count). The van der Waals surface area contributed by atoms with Crippen molar-refractivity contribution in [1.82, 2.24) is 4.40 Å². The quantitative estimate of drug-likeness (QED) is 0.485. The topological polar surface area (TPSA) is 17.6 Å².